The van der Waals surface area contributed by atoms with Gasteiger partial charge in [-0.2, -0.15) is 5.21 Å². The van der Waals surface area contributed by atoms with Crippen LogP contribution in [0.3, 0.4) is 0 Å². The van der Waals surface area contributed by atoms with Crippen molar-refractivity contribution in [2.75, 3.05) is 21.2 Å². The largest absolute Gasteiger partial charge is 0.508 e. The Labute approximate surface area is 261 Å². The van der Waals surface area contributed by atoms with Gasteiger partial charge in [0.25, 0.3) is 0 Å². The predicted molar refractivity (Wildman–Crippen MR) is 169 cm³/mol. The molecule has 10 nitrogen and oxygen atoms in total. The first kappa shape index (κ1) is 30.9. The number of ether oxygens (including phenoxy) is 1. The van der Waals surface area contributed by atoms with Crippen LogP contribution >= 0.6 is 11.6 Å². The van der Waals surface area contributed by atoms with E-state index in [0.717, 1.165) is 46.5 Å². The summed E-state index contributed by atoms with van der Waals surface area (Å²) in [5.41, 5.74) is 4.01. The highest BCUT2D eigenvalue weighted by Crippen LogP contribution is 2.39. The predicted octanol–water partition coefficient (Wildman–Crippen LogP) is 5.65. The molecule has 2 aromatic heterocycles. The van der Waals surface area contributed by atoms with Gasteiger partial charge in [-0.1, -0.05) is 85.6 Å². The molecule has 0 amide bonds. The average Bonchev–Trinajstić information content (AvgIpc) is 3.68. The Morgan fingerprint density at radius 3 is 2.32 bits per heavy atom. The summed E-state index contributed by atoms with van der Waals surface area (Å²) in [5.74, 6) is 1.03. The zero-order valence-electron chi connectivity index (χ0n) is 25.3. The highest BCUT2D eigenvalue weighted by molar-refractivity contribution is 6.30. The van der Waals surface area contributed by atoms with Gasteiger partial charge in [-0.15, -0.1) is 10.2 Å². The second-order valence-electron chi connectivity index (χ2n) is 10.9. The average molecular weight is 614 g/mol. The number of rotatable bonds is 12. The number of phenols is 1. The van der Waals surface area contributed by atoms with Crippen molar-refractivity contribution in [1.82, 2.24) is 35.1 Å². The molecular weight excluding hydrogens is 578 g/mol. The number of hydrogen-bond donors (Lipinski definition) is 2. The van der Waals surface area contributed by atoms with Crippen molar-refractivity contribution >= 4 is 17.6 Å². The molecule has 0 saturated heterocycles. The second-order valence-corrected chi connectivity index (χ2v) is 11.3. The first-order valence-corrected chi connectivity index (χ1v) is 14.9. The molecule has 2 heterocycles. The quantitative estimate of drug-likeness (QED) is 0.173. The molecule has 44 heavy (non-hydrogen) atoms. The van der Waals surface area contributed by atoms with Crippen LogP contribution in [0.25, 0.3) is 22.5 Å². The minimum Gasteiger partial charge on any atom is -0.508 e. The van der Waals surface area contributed by atoms with Crippen LogP contribution in [0.2, 0.25) is 5.15 Å². The van der Waals surface area contributed by atoms with Crippen molar-refractivity contribution < 1.29 is 14.6 Å². The van der Waals surface area contributed by atoms with E-state index in [0.29, 0.717) is 24.5 Å². The standard InChI is InChI=1S/C33H36ClN7O3/c1-5-6-11-28-35-30(34)29(33(40(2)3,32(43)44-4)20-22-14-18-25(42)19-15-22)41(28)21-23-12-16-24(17-13-23)26-9-7-8-10-27(26)31-36-38-39-37-31/h7-10,12-19,42H,5-6,11,20-21H2,1-4H3,(H,36,37,38,39)/t33-/m1/s1. The molecule has 0 bridgehead atoms. The minimum atomic E-state index is -1.29. The summed E-state index contributed by atoms with van der Waals surface area (Å²) in [5, 5.41) is 24.7. The number of unbranched alkanes of at least 4 members (excludes halogenated alkanes) is 1. The van der Waals surface area contributed by atoms with Gasteiger partial charge in [0.15, 0.2) is 10.7 Å². The molecule has 0 saturated carbocycles. The Balaban J connectivity index is 1.59. The van der Waals surface area contributed by atoms with Crippen LogP contribution in [0.15, 0.2) is 72.8 Å². The maximum absolute atomic E-state index is 13.8. The Bertz CT molecular complexity index is 1700. The van der Waals surface area contributed by atoms with Crippen LogP contribution in [0.4, 0.5) is 0 Å². The third kappa shape index (κ3) is 6.09. The number of aromatic nitrogens is 6. The molecule has 0 fully saturated rings. The fourth-order valence-corrected chi connectivity index (χ4v) is 5.97. The van der Waals surface area contributed by atoms with Crippen molar-refractivity contribution in [3.05, 3.63) is 101 Å². The Hall–Kier alpha value is -4.54. The van der Waals surface area contributed by atoms with Gasteiger partial charge in [0.1, 0.15) is 11.6 Å². The number of carbonyl (C=O) groups excluding carboxylic acids is 1. The molecule has 0 spiro atoms. The molecule has 0 unspecified atom stereocenters. The van der Waals surface area contributed by atoms with Gasteiger partial charge in [-0.05, 0) is 60.1 Å². The Morgan fingerprint density at radius 2 is 1.70 bits per heavy atom. The number of carbonyl (C=O) groups is 1. The lowest BCUT2D eigenvalue weighted by Crippen LogP contribution is -2.52. The number of imidazole rings is 1. The molecule has 11 heteroatoms. The van der Waals surface area contributed by atoms with Crippen molar-refractivity contribution in [2.24, 2.45) is 0 Å². The summed E-state index contributed by atoms with van der Waals surface area (Å²) in [6, 6.07) is 23.0. The number of phenolic OH excluding ortho intramolecular Hbond substituents is 1. The number of halogens is 1. The molecule has 5 aromatic rings. The van der Waals surface area contributed by atoms with E-state index in [1.807, 2.05) is 43.3 Å². The topological polar surface area (TPSA) is 122 Å². The number of esters is 1. The van der Waals surface area contributed by atoms with Crippen LogP contribution in [0.1, 0.15) is 42.4 Å². The van der Waals surface area contributed by atoms with E-state index in [4.69, 9.17) is 21.3 Å². The van der Waals surface area contributed by atoms with Crippen molar-refractivity contribution in [3.8, 4) is 28.3 Å². The smallest absolute Gasteiger partial charge is 0.332 e. The van der Waals surface area contributed by atoms with Gasteiger partial charge >= 0.3 is 5.97 Å². The highest BCUT2D eigenvalue weighted by atomic mass is 35.5. The van der Waals surface area contributed by atoms with Crippen LogP contribution in [0.5, 0.6) is 5.75 Å². The molecular formula is C33H36ClN7O3. The van der Waals surface area contributed by atoms with Crippen LogP contribution in [-0.2, 0) is 34.5 Å². The maximum atomic E-state index is 13.8. The molecule has 0 radical (unpaired) electrons. The van der Waals surface area contributed by atoms with Crippen molar-refractivity contribution in [3.63, 3.8) is 0 Å². The normalized spacial score (nSPS) is 12.8. The first-order chi connectivity index (χ1) is 21.3. The fourth-order valence-electron chi connectivity index (χ4n) is 5.62. The number of hydrogen-bond acceptors (Lipinski definition) is 8. The van der Waals surface area contributed by atoms with Crippen molar-refractivity contribution in [1.29, 1.82) is 0 Å². The lowest BCUT2D eigenvalue weighted by atomic mass is 9.86. The number of H-pyrrole nitrogens is 1. The van der Waals surface area contributed by atoms with E-state index in [9.17, 15) is 9.90 Å². The van der Waals surface area contributed by atoms with Crippen LogP contribution < -0.4 is 0 Å². The summed E-state index contributed by atoms with van der Waals surface area (Å²) < 4.78 is 7.50. The van der Waals surface area contributed by atoms with Gasteiger partial charge < -0.3 is 14.4 Å². The molecule has 0 aliphatic heterocycles. The first-order valence-electron chi connectivity index (χ1n) is 14.5. The number of nitrogens with one attached hydrogen (secondary N) is 1. The van der Waals surface area contributed by atoms with Gasteiger partial charge in [-0.25, -0.2) is 9.78 Å². The molecule has 1 atom stereocenters. The summed E-state index contributed by atoms with van der Waals surface area (Å²) in [6.07, 6.45) is 2.87. The molecule has 0 aliphatic rings. The summed E-state index contributed by atoms with van der Waals surface area (Å²) in [4.78, 5) is 20.5. The van der Waals surface area contributed by atoms with Gasteiger partial charge in [0.2, 0.25) is 5.82 Å². The van der Waals surface area contributed by atoms with Crippen LogP contribution in [-0.4, -0.2) is 67.4 Å². The number of methoxy groups -OCH3 is 1. The number of aryl methyl sites for hydroxylation is 1. The Kier molecular flexibility index (Phi) is 9.41. The van der Waals surface area contributed by atoms with E-state index >= 15 is 0 Å². The summed E-state index contributed by atoms with van der Waals surface area (Å²) in [6.45, 7) is 2.58. The van der Waals surface area contributed by atoms with E-state index in [1.165, 1.54) is 7.11 Å². The van der Waals surface area contributed by atoms with E-state index in [1.54, 1.807) is 24.3 Å². The SMILES string of the molecule is CCCCc1nc(Cl)c([C@](Cc2ccc(O)cc2)(C(=O)OC)N(C)C)n1Cc1ccc(-c2ccccc2-c2nn[nH]n2)cc1. The van der Waals surface area contributed by atoms with Crippen molar-refractivity contribution in [2.45, 2.75) is 44.7 Å². The molecule has 0 aliphatic carbocycles. The summed E-state index contributed by atoms with van der Waals surface area (Å²) in [7, 11) is 5.06. The van der Waals surface area contributed by atoms with Gasteiger partial charge in [0, 0.05) is 24.9 Å². The number of aromatic amines is 1. The number of aromatic hydroxyl groups is 1. The third-order valence-electron chi connectivity index (χ3n) is 7.95. The zero-order valence-corrected chi connectivity index (χ0v) is 26.0. The number of benzene rings is 3. The number of nitrogens with zero attached hydrogens (tertiary/aromatic N) is 6. The maximum Gasteiger partial charge on any atom is 0.332 e. The lowest BCUT2D eigenvalue weighted by Gasteiger charge is -2.38. The monoisotopic (exact) mass is 613 g/mol. The molecule has 3 aromatic carbocycles. The van der Waals surface area contributed by atoms with E-state index < -0.39 is 11.5 Å². The molecule has 228 valence electrons. The van der Waals surface area contributed by atoms with E-state index in [-0.39, 0.29) is 17.3 Å². The summed E-state index contributed by atoms with van der Waals surface area (Å²) >= 11 is 6.96. The van der Waals surface area contributed by atoms with Gasteiger partial charge in [0.05, 0.1) is 12.8 Å². The van der Waals surface area contributed by atoms with Gasteiger partial charge in [-0.3, -0.25) is 4.90 Å². The number of tetrazole rings is 1. The lowest BCUT2D eigenvalue weighted by molar-refractivity contribution is -0.155. The second kappa shape index (κ2) is 13.4. The minimum absolute atomic E-state index is 0.149. The zero-order chi connectivity index (χ0) is 31.3. The number of likely N-dealkylation sites (N-methyl/N-ethyl adjacent to an activating group) is 1. The fraction of sp³-hybridized carbons (Fsp3) is 0.303. The molecule has 5 rings (SSSR count). The van der Waals surface area contributed by atoms with E-state index in [2.05, 4.69) is 56.4 Å². The highest BCUT2D eigenvalue weighted by Gasteiger charge is 2.49. The Morgan fingerprint density at radius 1 is 1.02 bits per heavy atom. The molecule has 2 N–H and O–H groups in total. The van der Waals surface area contributed by atoms with Crippen LogP contribution in [0, 0.1) is 0 Å². The third-order valence-corrected chi connectivity index (χ3v) is 8.22.